The van der Waals surface area contributed by atoms with Gasteiger partial charge in [-0.3, -0.25) is 14.6 Å². The molecule has 1 aromatic heterocycles. The largest absolute Gasteiger partial charge is 0.367 e. The van der Waals surface area contributed by atoms with Gasteiger partial charge in [-0.25, -0.2) is 9.37 Å². The van der Waals surface area contributed by atoms with Crippen molar-refractivity contribution in [2.24, 2.45) is 0 Å². The highest BCUT2D eigenvalue weighted by atomic mass is 19.1. The first-order chi connectivity index (χ1) is 11.6. The maximum atomic E-state index is 13.3. The summed E-state index contributed by atoms with van der Waals surface area (Å²) in [6, 6.07) is 4.04. The minimum Gasteiger partial charge on any atom is -0.367 e. The van der Waals surface area contributed by atoms with E-state index in [1.54, 1.807) is 18.6 Å². The molecule has 0 bridgehead atoms. The Morgan fingerprint density at radius 1 is 1.33 bits per heavy atom. The molecule has 1 atom stereocenters. The van der Waals surface area contributed by atoms with Gasteiger partial charge in [0.1, 0.15) is 11.6 Å². The summed E-state index contributed by atoms with van der Waals surface area (Å²) in [5.41, 5.74) is 0.972. The number of hydrogen-bond donors (Lipinski definition) is 3. The Hall–Kier alpha value is -3.03. The fraction of sp³-hybridized carbons (Fsp3) is 0.250. The second kappa shape index (κ2) is 7.03. The number of aromatic nitrogens is 2. The smallest absolute Gasteiger partial charge is 0.228 e. The Labute approximate surface area is 137 Å². The van der Waals surface area contributed by atoms with Gasteiger partial charge in [0.2, 0.25) is 11.8 Å². The van der Waals surface area contributed by atoms with Crippen molar-refractivity contribution in [1.29, 1.82) is 0 Å². The van der Waals surface area contributed by atoms with Gasteiger partial charge in [-0.1, -0.05) is 6.07 Å². The number of carbonyl (C=O) groups is 2. The van der Waals surface area contributed by atoms with E-state index in [4.69, 9.17) is 0 Å². The molecule has 3 N–H and O–H groups in total. The molecule has 0 saturated carbocycles. The standard InChI is InChI=1S/C16H16FN5O2/c17-10-1-2-11-12(8-15(23)22-13(11)7-10)16(24)21-6-5-20-14-9-18-3-4-19-14/h1-4,7,9,12H,5-6,8H2,(H,19,20)(H,21,24)(H,22,23)/t12-/m0/s1. The summed E-state index contributed by atoms with van der Waals surface area (Å²) in [6.07, 6.45) is 4.76. The number of fused-ring (bicyclic) bond motifs is 1. The third-order valence-corrected chi connectivity index (χ3v) is 3.66. The molecule has 0 unspecified atom stereocenters. The summed E-state index contributed by atoms with van der Waals surface area (Å²) in [7, 11) is 0. The van der Waals surface area contributed by atoms with Crippen molar-refractivity contribution in [3.8, 4) is 0 Å². The molecule has 2 heterocycles. The number of carbonyl (C=O) groups excluding carboxylic acids is 2. The fourth-order valence-electron chi connectivity index (χ4n) is 2.56. The van der Waals surface area contributed by atoms with Crippen LogP contribution in [0.5, 0.6) is 0 Å². The van der Waals surface area contributed by atoms with E-state index < -0.39 is 11.7 Å². The van der Waals surface area contributed by atoms with Crippen LogP contribution in [0.2, 0.25) is 0 Å². The van der Waals surface area contributed by atoms with Gasteiger partial charge in [-0.2, -0.15) is 0 Å². The predicted molar refractivity (Wildman–Crippen MR) is 85.9 cm³/mol. The number of hydrogen-bond acceptors (Lipinski definition) is 5. The van der Waals surface area contributed by atoms with E-state index in [1.807, 2.05) is 0 Å². The van der Waals surface area contributed by atoms with Crippen LogP contribution in [0.1, 0.15) is 17.9 Å². The summed E-state index contributed by atoms with van der Waals surface area (Å²) >= 11 is 0. The molecular formula is C16H16FN5O2. The maximum Gasteiger partial charge on any atom is 0.228 e. The van der Waals surface area contributed by atoms with E-state index in [1.165, 1.54) is 18.2 Å². The number of amides is 2. The normalized spacial score (nSPS) is 16.0. The van der Waals surface area contributed by atoms with Crippen molar-refractivity contribution in [2.45, 2.75) is 12.3 Å². The van der Waals surface area contributed by atoms with Crippen molar-refractivity contribution in [1.82, 2.24) is 15.3 Å². The lowest BCUT2D eigenvalue weighted by molar-refractivity contribution is -0.126. The number of anilines is 2. The first-order valence-electron chi connectivity index (χ1n) is 7.50. The zero-order chi connectivity index (χ0) is 16.9. The number of halogens is 1. The average molecular weight is 329 g/mol. The van der Waals surface area contributed by atoms with Gasteiger partial charge in [-0.05, 0) is 17.7 Å². The molecule has 2 amide bonds. The van der Waals surface area contributed by atoms with E-state index in [0.717, 1.165) is 0 Å². The Morgan fingerprint density at radius 3 is 3.00 bits per heavy atom. The van der Waals surface area contributed by atoms with Gasteiger partial charge in [0.25, 0.3) is 0 Å². The van der Waals surface area contributed by atoms with Crippen LogP contribution in [0.15, 0.2) is 36.8 Å². The number of benzene rings is 1. The zero-order valence-corrected chi connectivity index (χ0v) is 12.8. The summed E-state index contributed by atoms with van der Waals surface area (Å²) < 4.78 is 13.3. The molecular weight excluding hydrogens is 313 g/mol. The first kappa shape index (κ1) is 15.9. The molecule has 0 fully saturated rings. The Bertz CT molecular complexity index is 753. The summed E-state index contributed by atoms with van der Waals surface area (Å²) in [4.78, 5) is 32.1. The molecule has 0 radical (unpaired) electrons. The van der Waals surface area contributed by atoms with E-state index in [0.29, 0.717) is 30.2 Å². The zero-order valence-electron chi connectivity index (χ0n) is 12.8. The molecule has 1 aliphatic heterocycles. The monoisotopic (exact) mass is 329 g/mol. The summed E-state index contributed by atoms with van der Waals surface area (Å²) in [5, 5.41) is 8.38. The lowest BCUT2D eigenvalue weighted by Crippen LogP contribution is -2.37. The molecule has 8 heteroatoms. The highest BCUT2D eigenvalue weighted by molar-refractivity contribution is 6.01. The SMILES string of the molecule is O=C1C[C@H](C(=O)NCCNc2cnccn2)c2ccc(F)cc2N1. The van der Waals surface area contributed by atoms with Crippen LogP contribution < -0.4 is 16.0 Å². The molecule has 0 saturated heterocycles. The van der Waals surface area contributed by atoms with Crippen molar-refractivity contribution in [2.75, 3.05) is 23.7 Å². The van der Waals surface area contributed by atoms with Gasteiger partial charge in [-0.15, -0.1) is 0 Å². The van der Waals surface area contributed by atoms with Crippen LogP contribution in [0.3, 0.4) is 0 Å². The highest BCUT2D eigenvalue weighted by Crippen LogP contribution is 2.32. The second-order valence-electron chi connectivity index (χ2n) is 5.34. The Kier molecular flexibility index (Phi) is 4.64. The van der Waals surface area contributed by atoms with E-state index in [9.17, 15) is 14.0 Å². The molecule has 2 aromatic rings. The van der Waals surface area contributed by atoms with Crippen LogP contribution in [0.25, 0.3) is 0 Å². The average Bonchev–Trinajstić information content (AvgIpc) is 2.58. The number of nitrogens with one attached hydrogen (secondary N) is 3. The van der Waals surface area contributed by atoms with Crippen molar-refractivity contribution in [3.63, 3.8) is 0 Å². The third-order valence-electron chi connectivity index (χ3n) is 3.66. The third kappa shape index (κ3) is 3.65. The lowest BCUT2D eigenvalue weighted by atomic mass is 9.89. The van der Waals surface area contributed by atoms with Crippen LogP contribution in [0, 0.1) is 5.82 Å². The van der Waals surface area contributed by atoms with Crippen LogP contribution in [-0.4, -0.2) is 34.9 Å². The second-order valence-corrected chi connectivity index (χ2v) is 5.34. The van der Waals surface area contributed by atoms with E-state index in [2.05, 4.69) is 25.9 Å². The molecule has 1 aromatic carbocycles. The molecule has 1 aliphatic rings. The van der Waals surface area contributed by atoms with Crippen molar-refractivity contribution >= 4 is 23.3 Å². The minimum absolute atomic E-state index is 0.0437. The minimum atomic E-state index is -0.620. The highest BCUT2D eigenvalue weighted by Gasteiger charge is 2.30. The molecule has 7 nitrogen and oxygen atoms in total. The van der Waals surface area contributed by atoms with Gasteiger partial charge >= 0.3 is 0 Å². The van der Waals surface area contributed by atoms with Crippen molar-refractivity contribution < 1.29 is 14.0 Å². The van der Waals surface area contributed by atoms with Crippen LogP contribution >= 0.6 is 0 Å². The predicted octanol–water partition coefficient (Wildman–Crippen LogP) is 1.27. The fourth-order valence-corrected chi connectivity index (χ4v) is 2.56. The van der Waals surface area contributed by atoms with Gasteiger partial charge in [0.05, 0.1) is 12.1 Å². The molecule has 3 rings (SSSR count). The Morgan fingerprint density at radius 2 is 2.21 bits per heavy atom. The van der Waals surface area contributed by atoms with Gasteiger partial charge in [0, 0.05) is 37.6 Å². The molecule has 24 heavy (non-hydrogen) atoms. The van der Waals surface area contributed by atoms with Crippen molar-refractivity contribution in [3.05, 3.63) is 48.2 Å². The summed E-state index contributed by atoms with van der Waals surface area (Å²) in [5.74, 6) is -1.02. The molecule has 124 valence electrons. The molecule has 0 aliphatic carbocycles. The van der Waals surface area contributed by atoms with E-state index in [-0.39, 0.29) is 18.2 Å². The number of rotatable bonds is 5. The van der Waals surface area contributed by atoms with Crippen LogP contribution in [-0.2, 0) is 9.59 Å². The number of nitrogens with zero attached hydrogens (tertiary/aromatic N) is 2. The maximum absolute atomic E-state index is 13.3. The topological polar surface area (TPSA) is 96.0 Å². The quantitative estimate of drug-likeness (QED) is 0.718. The Balaban J connectivity index is 1.58. The van der Waals surface area contributed by atoms with Gasteiger partial charge in [0.15, 0.2) is 0 Å². The first-order valence-corrected chi connectivity index (χ1v) is 7.50. The molecule has 0 spiro atoms. The van der Waals surface area contributed by atoms with Crippen LogP contribution in [0.4, 0.5) is 15.9 Å². The summed E-state index contributed by atoms with van der Waals surface area (Å²) in [6.45, 7) is 0.837. The van der Waals surface area contributed by atoms with Gasteiger partial charge < -0.3 is 16.0 Å². The van der Waals surface area contributed by atoms with E-state index >= 15 is 0 Å². The lowest BCUT2D eigenvalue weighted by Gasteiger charge is -2.24.